The highest BCUT2D eigenvalue weighted by atomic mass is 32.2. The van der Waals surface area contributed by atoms with Gasteiger partial charge in [0.2, 0.25) is 0 Å². The number of piperidine rings is 1. The fourth-order valence-electron chi connectivity index (χ4n) is 2.70. The molecule has 2 rings (SSSR count). The van der Waals surface area contributed by atoms with E-state index in [2.05, 4.69) is 5.32 Å². The molecule has 0 atom stereocenters. The highest BCUT2D eigenvalue weighted by Crippen LogP contribution is 2.20. The summed E-state index contributed by atoms with van der Waals surface area (Å²) in [4.78, 5) is 0.437. The molecular weight excluding hydrogens is 258 g/mol. The molecule has 0 bridgehead atoms. The molecular formula is C15H23NO2S. The lowest BCUT2D eigenvalue weighted by molar-refractivity contribution is 0.347. The van der Waals surface area contributed by atoms with E-state index in [0.29, 0.717) is 4.90 Å². The standard InChI is InChI=1S/C15H23NO2S/c1-19(17,18)15-7-3-6-14(12-15)5-2-4-13-8-10-16-11-9-13/h3,6-7,12-13,16H,2,4-5,8-11H2,1H3. The average Bonchev–Trinajstić information content (AvgIpc) is 2.39. The number of hydrogen-bond donors (Lipinski definition) is 1. The third-order valence-corrected chi connectivity index (χ3v) is 4.97. The van der Waals surface area contributed by atoms with E-state index in [9.17, 15) is 8.42 Å². The van der Waals surface area contributed by atoms with Gasteiger partial charge in [-0.15, -0.1) is 0 Å². The molecule has 0 aromatic heterocycles. The molecule has 1 saturated heterocycles. The van der Waals surface area contributed by atoms with E-state index in [-0.39, 0.29) is 0 Å². The zero-order valence-electron chi connectivity index (χ0n) is 11.6. The Bertz CT molecular complexity index is 505. The van der Waals surface area contributed by atoms with Crippen LogP contribution in [0.4, 0.5) is 0 Å². The molecule has 1 fully saturated rings. The lowest BCUT2D eigenvalue weighted by atomic mass is 9.92. The average molecular weight is 281 g/mol. The van der Waals surface area contributed by atoms with E-state index in [1.165, 1.54) is 25.5 Å². The summed E-state index contributed by atoms with van der Waals surface area (Å²) in [6.45, 7) is 2.29. The van der Waals surface area contributed by atoms with Crippen molar-refractivity contribution in [2.45, 2.75) is 37.0 Å². The molecule has 1 aromatic carbocycles. The van der Waals surface area contributed by atoms with Crippen LogP contribution >= 0.6 is 0 Å². The minimum Gasteiger partial charge on any atom is -0.317 e. The van der Waals surface area contributed by atoms with E-state index >= 15 is 0 Å². The third-order valence-electron chi connectivity index (χ3n) is 3.86. The Hall–Kier alpha value is -0.870. The smallest absolute Gasteiger partial charge is 0.175 e. The maximum absolute atomic E-state index is 11.5. The van der Waals surface area contributed by atoms with Crippen molar-refractivity contribution in [1.29, 1.82) is 0 Å². The molecule has 1 N–H and O–H groups in total. The van der Waals surface area contributed by atoms with Crippen LogP contribution in [0.25, 0.3) is 0 Å². The molecule has 4 heteroatoms. The molecule has 1 heterocycles. The molecule has 0 saturated carbocycles. The van der Waals surface area contributed by atoms with Crippen LogP contribution in [0.5, 0.6) is 0 Å². The number of nitrogens with one attached hydrogen (secondary N) is 1. The normalized spacial score (nSPS) is 17.5. The quantitative estimate of drug-likeness (QED) is 0.901. The highest BCUT2D eigenvalue weighted by molar-refractivity contribution is 7.90. The van der Waals surface area contributed by atoms with Gasteiger partial charge in [-0.2, -0.15) is 0 Å². The summed E-state index contributed by atoms with van der Waals surface area (Å²) >= 11 is 0. The van der Waals surface area contributed by atoms with Crippen LogP contribution < -0.4 is 5.32 Å². The summed E-state index contributed by atoms with van der Waals surface area (Å²) in [5, 5.41) is 3.38. The molecule has 1 aliphatic heterocycles. The minimum atomic E-state index is -3.08. The van der Waals surface area contributed by atoms with Crippen LogP contribution in [0, 0.1) is 5.92 Å². The van der Waals surface area contributed by atoms with Crippen LogP contribution in [0.2, 0.25) is 0 Å². The zero-order valence-corrected chi connectivity index (χ0v) is 12.4. The first-order valence-corrected chi connectivity index (χ1v) is 8.94. The van der Waals surface area contributed by atoms with Crippen molar-refractivity contribution in [2.75, 3.05) is 19.3 Å². The molecule has 1 aliphatic rings. The maximum atomic E-state index is 11.5. The van der Waals surface area contributed by atoms with E-state index in [4.69, 9.17) is 0 Å². The molecule has 19 heavy (non-hydrogen) atoms. The topological polar surface area (TPSA) is 46.2 Å². The molecule has 0 amide bonds. The first kappa shape index (κ1) is 14.5. The van der Waals surface area contributed by atoms with Gasteiger partial charge in [0.1, 0.15) is 0 Å². The second kappa shape index (κ2) is 6.53. The third kappa shape index (κ3) is 4.62. The summed E-state index contributed by atoms with van der Waals surface area (Å²) in [6.07, 6.45) is 7.21. The van der Waals surface area contributed by atoms with Crippen molar-refractivity contribution < 1.29 is 8.42 Å². The number of benzene rings is 1. The van der Waals surface area contributed by atoms with E-state index < -0.39 is 9.84 Å². The van der Waals surface area contributed by atoms with Crippen LogP contribution in [-0.4, -0.2) is 27.8 Å². The fraction of sp³-hybridized carbons (Fsp3) is 0.600. The molecule has 0 unspecified atom stereocenters. The Morgan fingerprint density at radius 2 is 2.00 bits per heavy atom. The Kier molecular flexibility index (Phi) is 4.99. The van der Waals surface area contributed by atoms with E-state index in [1.54, 1.807) is 6.07 Å². The Labute approximate surface area is 116 Å². The van der Waals surface area contributed by atoms with Gasteiger partial charge in [0.05, 0.1) is 4.90 Å². The number of rotatable bonds is 5. The molecule has 106 valence electrons. The van der Waals surface area contributed by atoms with Gasteiger partial charge in [0.25, 0.3) is 0 Å². The Balaban J connectivity index is 1.85. The number of aryl methyl sites for hydroxylation is 1. The van der Waals surface area contributed by atoms with Crippen molar-refractivity contribution in [3.8, 4) is 0 Å². The molecule has 0 spiro atoms. The van der Waals surface area contributed by atoms with Crippen molar-refractivity contribution in [3.05, 3.63) is 29.8 Å². The van der Waals surface area contributed by atoms with Gasteiger partial charge in [0.15, 0.2) is 9.84 Å². The second-order valence-corrected chi connectivity index (χ2v) is 7.52. The van der Waals surface area contributed by atoms with Gasteiger partial charge in [-0.25, -0.2) is 8.42 Å². The maximum Gasteiger partial charge on any atom is 0.175 e. The van der Waals surface area contributed by atoms with Crippen LogP contribution in [0.15, 0.2) is 29.2 Å². The van der Waals surface area contributed by atoms with E-state index in [0.717, 1.165) is 37.4 Å². The van der Waals surface area contributed by atoms with Crippen molar-refractivity contribution >= 4 is 9.84 Å². The van der Waals surface area contributed by atoms with Gasteiger partial charge in [0, 0.05) is 6.26 Å². The first-order valence-electron chi connectivity index (χ1n) is 7.05. The van der Waals surface area contributed by atoms with Crippen molar-refractivity contribution in [2.24, 2.45) is 5.92 Å². The van der Waals surface area contributed by atoms with Gasteiger partial charge < -0.3 is 5.32 Å². The molecule has 0 radical (unpaired) electrons. The van der Waals surface area contributed by atoms with Gasteiger partial charge in [-0.1, -0.05) is 18.6 Å². The minimum absolute atomic E-state index is 0.437. The summed E-state index contributed by atoms with van der Waals surface area (Å²) in [7, 11) is -3.08. The van der Waals surface area contributed by atoms with Crippen molar-refractivity contribution in [3.63, 3.8) is 0 Å². The predicted octanol–water partition coefficient (Wildman–Crippen LogP) is 2.41. The highest BCUT2D eigenvalue weighted by Gasteiger charge is 2.12. The molecule has 3 nitrogen and oxygen atoms in total. The number of sulfone groups is 1. The summed E-state index contributed by atoms with van der Waals surface area (Å²) in [6, 6.07) is 7.36. The van der Waals surface area contributed by atoms with Crippen LogP contribution in [-0.2, 0) is 16.3 Å². The summed E-state index contributed by atoms with van der Waals surface area (Å²) < 4.78 is 23.0. The van der Waals surface area contributed by atoms with Crippen molar-refractivity contribution in [1.82, 2.24) is 5.32 Å². The van der Waals surface area contributed by atoms with Gasteiger partial charge in [-0.3, -0.25) is 0 Å². The first-order chi connectivity index (χ1) is 9.05. The fourth-order valence-corrected chi connectivity index (χ4v) is 3.39. The summed E-state index contributed by atoms with van der Waals surface area (Å²) in [5.74, 6) is 0.847. The predicted molar refractivity (Wildman–Crippen MR) is 78.1 cm³/mol. The van der Waals surface area contributed by atoms with Gasteiger partial charge in [-0.05, 0) is 62.4 Å². The lowest BCUT2D eigenvalue weighted by Crippen LogP contribution is -2.27. The van der Waals surface area contributed by atoms with E-state index in [1.807, 2.05) is 18.2 Å². The largest absolute Gasteiger partial charge is 0.317 e. The zero-order chi connectivity index (χ0) is 13.7. The lowest BCUT2D eigenvalue weighted by Gasteiger charge is -2.22. The summed E-state index contributed by atoms with van der Waals surface area (Å²) in [5.41, 5.74) is 1.14. The monoisotopic (exact) mass is 281 g/mol. The van der Waals surface area contributed by atoms with Crippen LogP contribution in [0.3, 0.4) is 0 Å². The second-order valence-electron chi connectivity index (χ2n) is 5.51. The Morgan fingerprint density at radius 3 is 2.68 bits per heavy atom. The SMILES string of the molecule is CS(=O)(=O)c1cccc(CCCC2CCNCC2)c1. The number of hydrogen-bond acceptors (Lipinski definition) is 3. The molecule has 1 aromatic rings. The van der Waals surface area contributed by atoms with Gasteiger partial charge >= 0.3 is 0 Å². The Morgan fingerprint density at radius 1 is 1.26 bits per heavy atom. The molecule has 0 aliphatic carbocycles. The van der Waals surface area contributed by atoms with Crippen LogP contribution in [0.1, 0.15) is 31.2 Å².